The molecule has 47 heavy (non-hydrogen) atoms. The Labute approximate surface area is 275 Å². The summed E-state index contributed by atoms with van der Waals surface area (Å²) in [6.45, 7) is 9.94. The molecule has 14 nitrogen and oxygen atoms in total. The third-order valence-electron chi connectivity index (χ3n) is 6.98. The zero-order valence-corrected chi connectivity index (χ0v) is 27.9. The van der Waals surface area contributed by atoms with Crippen molar-refractivity contribution in [2.24, 2.45) is 0 Å². The second-order valence-electron chi connectivity index (χ2n) is 11.9. The molecule has 0 spiro atoms. The monoisotopic (exact) mass is 666 g/mol. The van der Waals surface area contributed by atoms with Gasteiger partial charge in [0.15, 0.2) is 9.84 Å². The van der Waals surface area contributed by atoms with E-state index in [9.17, 15) is 22.8 Å². The zero-order valence-electron chi connectivity index (χ0n) is 27.1. The molecule has 4 amide bonds. The number of sulfone groups is 1. The van der Waals surface area contributed by atoms with Crippen molar-refractivity contribution >= 4 is 45.2 Å². The minimum atomic E-state index is -2.95. The minimum Gasteiger partial charge on any atom is -0.444 e. The molecule has 0 atom stereocenters. The molecule has 0 unspecified atom stereocenters. The number of hydrogen-bond acceptors (Lipinski definition) is 10. The third kappa shape index (κ3) is 11.2. The van der Waals surface area contributed by atoms with Gasteiger partial charge in [-0.25, -0.2) is 28.0 Å². The Bertz CT molecular complexity index is 1640. The van der Waals surface area contributed by atoms with Crippen LogP contribution in [0.4, 0.5) is 26.9 Å². The number of carbonyl (C=O) groups is 3. The number of ether oxygens (including phenoxy) is 1. The summed E-state index contributed by atoms with van der Waals surface area (Å²) in [4.78, 5) is 48.2. The van der Waals surface area contributed by atoms with Crippen molar-refractivity contribution in [1.82, 2.24) is 25.5 Å². The van der Waals surface area contributed by atoms with Gasteiger partial charge in [-0.2, -0.15) is 0 Å². The van der Waals surface area contributed by atoms with Gasteiger partial charge < -0.3 is 26.0 Å². The first-order valence-corrected chi connectivity index (χ1v) is 17.2. The molecule has 1 aromatic carbocycles. The maximum atomic E-state index is 12.9. The van der Waals surface area contributed by atoms with E-state index < -0.39 is 27.6 Å². The lowest BCUT2D eigenvalue weighted by atomic mass is 10.1. The van der Waals surface area contributed by atoms with Crippen molar-refractivity contribution in [3.05, 3.63) is 65.9 Å². The fraction of sp³-hybridized carbons (Fsp3) is 0.406. The normalized spacial score (nSPS) is 14.5. The number of hydrogen-bond donors (Lipinski definition) is 5. The average Bonchev–Trinajstić information content (AvgIpc) is 3.01. The molecule has 1 saturated heterocycles. The van der Waals surface area contributed by atoms with Crippen LogP contribution in [0.1, 0.15) is 43.6 Å². The van der Waals surface area contributed by atoms with Crippen molar-refractivity contribution in [3.8, 4) is 11.3 Å². The quantitative estimate of drug-likeness (QED) is 0.202. The van der Waals surface area contributed by atoms with Gasteiger partial charge in [0, 0.05) is 56.7 Å². The van der Waals surface area contributed by atoms with Gasteiger partial charge in [0.25, 0.3) is 5.91 Å². The Hall–Kier alpha value is -4.76. The van der Waals surface area contributed by atoms with E-state index in [1.807, 2.05) is 24.0 Å². The Balaban J connectivity index is 1.27. The van der Waals surface area contributed by atoms with Crippen LogP contribution in [0.5, 0.6) is 0 Å². The van der Waals surface area contributed by atoms with Crippen LogP contribution in [0.15, 0.2) is 54.7 Å². The van der Waals surface area contributed by atoms with Crippen LogP contribution in [0, 0.1) is 0 Å². The summed E-state index contributed by atoms with van der Waals surface area (Å²) >= 11 is 0. The molecule has 4 rings (SSSR count). The molecule has 2 aromatic heterocycles. The van der Waals surface area contributed by atoms with Crippen molar-refractivity contribution in [2.45, 2.75) is 39.8 Å². The maximum absolute atomic E-state index is 12.9. The fourth-order valence-electron chi connectivity index (χ4n) is 4.60. The van der Waals surface area contributed by atoms with E-state index in [1.54, 1.807) is 63.4 Å². The van der Waals surface area contributed by atoms with Crippen molar-refractivity contribution in [2.75, 3.05) is 60.2 Å². The zero-order chi connectivity index (χ0) is 34.0. The lowest BCUT2D eigenvalue weighted by Gasteiger charge is -2.26. The summed E-state index contributed by atoms with van der Waals surface area (Å²) in [7, 11) is -2.95. The molecular weight excluding hydrogens is 624 g/mol. The average molecular weight is 667 g/mol. The van der Waals surface area contributed by atoms with Crippen LogP contribution in [-0.2, 0) is 21.1 Å². The van der Waals surface area contributed by atoms with E-state index in [-0.39, 0.29) is 24.0 Å². The predicted molar refractivity (Wildman–Crippen MR) is 181 cm³/mol. The smallest absolute Gasteiger partial charge is 0.413 e. The van der Waals surface area contributed by atoms with Gasteiger partial charge in [0.1, 0.15) is 17.2 Å². The number of benzene rings is 1. The summed E-state index contributed by atoms with van der Waals surface area (Å²) in [5, 5.41) is 14.2. The highest BCUT2D eigenvalue weighted by atomic mass is 32.2. The number of rotatable bonds is 11. The summed E-state index contributed by atoms with van der Waals surface area (Å²) in [6.07, 6.45) is 0.954. The molecule has 1 fully saturated rings. The van der Waals surface area contributed by atoms with Gasteiger partial charge in [0.2, 0.25) is 0 Å². The molecule has 5 N–H and O–H groups in total. The van der Waals surface area contributed by atoms with Gasteiger partial charge in [0.05, 0.1) is 22.8 Å². The van der Waals surface area contributed by atoms with Crippen molar-refractivity contribution in [3.63, 3.8) is 0 Å². The lowest BCUT2D eigenvalue weighted by Crippen LogP contribution is -2.43. The molecule has 3 aromatic rings. The van der Waals surface area contributed by atoms with Crippen molar-refractivity contribution in [1.29, 1.82) is 0 Å². The first-order chi connectivity index (χ1) is 22.3. The fourth-order valence-corrected chi connectivity index (χ4v) is 5.87. The van der Waals surface area contributed by atoms with E-state index in [0.29, 0.717) is 61.3 Å². The minimum absolute atomic E-state index is 0.146. The van der Waals surface area contributed by atoms with E-state index >= 15 is 0 Å². The van der Waals surface area contributed by atoms with Crippen LogP contribution >= 0.6 is 0 Å². The largest absolute Gasteiger partial charge is 0.444 e. The standard InChI is InChI=1S/C32H42N8O6S/c1-5-33-28-25(29(41)34-14-15-40-16-18-47(44,45)19-17-40)11-12-26(38-28)23-7-9-24(10-8-23)37-30(42)36-21-22-6-13-27(35-20-22)39-31(43)46-32(2,3)4/h6-13,20H,5,14-19,21H2,1-4H3,(H,33,38)(H,34,41)(H,35,39,43)(H2,36,37,42). The highest BCUT2D eigenvalue weighted by Gasteiger charge is 2.22. The number of aromatic nitrogens is 2. The Morgan fingerprint density at radius 2 is 1.66 bits per heavy atom. The second kappa shape index (κ2) is 15.7. The highest BCUT2D eigenvalue weighted by Crippen LogP contribution is 2.24. The number of urea groups is 1. The van der Waals surface area contributed by atoms with Gasteiger partial charge in [-0.3, -0.25) is 15.0 Å². The molecule has 252 valence electrons. The van der Waals surface area contributed by atoms with Crippen LogP contribution < -0.4 is 26.6 Å². The second-order valence-corrected chi connectivity index (χ2v) is 14.2. The number of pyridine rings is 2. The van der Waals surface area contributed by atoms with Gasteiger partial charge in [-0.1, -0.05) is 18.2 Å². The summed E-state index contributed by atoms with van der Waals surface area (Å²) in [6, 6.07) is 13.6. The van der Waals surface area contributed by atoms with E-state index in [2.05, 4.69) is 36.6 Å². The number of amides is 4. The molecule has 0 saturated carbocycles. The number of anilines is 3. The summed E-state index contributed by atoms with van der Waals surface area (Å²) < 4.78 is 28.5. The molecule has 15 heteroatoms. The third-order valence-corrected chi connectivity index (χ3v) is 8.59. The van der Waals surface area contributed by atoms with E-state index in [4.69, 9.17) is 4.74 Å². The molecule has 1 aliphatic rings. The van der Waals surface area contributed by atoms with E-state index in [0.717, 1.165) is 11.1 Å². The molecular formula is C32H42N8O6S. The Morgan fingerprint density at radius 1 is 0.936 bits per heavy atom. The molecule has 3 heterocycles. The number of nitrogens with one attached hydrogen (secondary N) is 5. The Morgan fingerprint density at radius 3 is 2.30 bits per heavy atom. The molecule has 0 radical (unpaired) electrons. The van der Waals surface area contributed by atoms with E-state index in [1.165, 1.54) is 0 Å². The Kier molecular flexibility index (Phi) is 11.7. The molecule has 0 bridgehead atoms. The number of nitrogens with zero attached hydrogens (tertiary/aromatic N) is 3. The van der Waals surface area contributed by atoms with Gasteiger partial charge >= 0.3 is 12.1 Å². The van der Waals surface area contributed by atoms with Crippen molar-refractivity contribution < 1.29 is 27.5 Å². The van der Waals surface area contributed by atoms with Gasteiger partial charge in [-0.05, 0) is 63.6 Å². The van der Waals surface area contributed by atoms with Gasteiger partial charge in [-0.15, -0.1) is 0 Å². The molecule has 0 aliphatic carbocycles. The SMILES string of the molecule is CCNc1nc(-c2ccc(NC(=O)NCc3ccc(NC(=O)OC(C)(C)C)nc3)cc2)ccc1C(=O)NCCN1CCS(=O)(=O)CC1. The predicted octanol–water partition coefficient (Wildman–Crippen LogP) is 3.70. The summed E-state index contributed by atoms with van der Waals surface area (Å²) in [5.41, 5.74) is 2.57. The highest BCUT2D eigenvalue weighted by molar-refractivity contribution is 7.91. The maximum Gasteiger partial charge on any atom is 0.413 e. The first-order valence-electron chi connectivity index (χ1n) is 15.4. The first kappa shape index (κ1) is 35.1. The number of carbonyl (C=O) groups excluding carboxylic acids is 3. The van der Waals surface area contributed by atoms with Crippen LogP contribution in [0.3, 0.4) is 0 Å². The van der Waals surface area contributed by atoms with Crippen LogP contribution in [0.2, 0.25) is 0 Å². The van der Waals surface area contributed by atoms with Crippen LogP contribution in [-0.4, -0.2) is 91.1 Å². The topological polar surface area (TPSA) is 184 Å². The van der Waals surface area contributed by atoms with Crippen LogP contribution in [0.25, 0.3) is 11.3 Å². The summed E-state index contributed by atoms with van der Waals surface area (Å²) in [5.74, 6) is 0.819. The lowest BCUT2D eigenvalue weighted by molar-refractivity contribution is 0.0635. The molecule has 1 aliphatic heterocycles.